The Morgan fingerprint density at radius 3 is 2.20 bits per heavy atom. The third-order valence-corrected chi connectivity index (χ3v) is 1.91. The van der Waals surface area contributed by atoms with Crippen molar-refractivity contribution in [2.24, 2.45) is 4.99 Å². The van der Waals surface area contributed by atoms with Crippen LogP contribution in [0.1, 0.15) is 19.4 Å². The summed E-state index contributed by atoms with van der Waals surface area (Å²) in [6.07, 6.45) is 0. The number of aliphatic imine (C=N–C) groups is 1. The van der Waals surface area contributed by atoms with E-state index in [-0.39, 0.29) is 5.82 Å². The highest BCUT2D eigenvalue weighted by molar-refractivity contribution is 5.69. The Morgan fingerprint density at radius 2 is 1.80 bits per heavy atom. The SMILES string of the molecule is C=Nc1cc(C)c(F)cc1N(C)C.CC. The van der Waals surface area contributed by atoms with Gasteiger partial charge in [-0.1, -0.05) is 13.8 Å². The number of anilines is 1. The lowest BCUT2D eigenvalue weighted by Crippen LogP contribution is -2.09. The van der Waals surface area contributed by atoms with Crippen LogP contribution in [-0.2, 0) is 0 Å². The Balaban J connectivity index is 0.000000921. The molecule has 0 N–H and O–H groups in total. The normalized spacial score (nSPS) is 8.93. The van der Waals surface area contributed by atoms with Gasteiger partial charge in [0.15, 0.2) is 0 Å². The lowest BCUT2D eigenvalue weighted by Gasteiger charge is -2.15. The zero-order valence-electron chi connectivity index (χ0n) is 10.1. The summed E-state index contributed by atoms with van der Waals surface area (Å²) in [6, 6.07) is 3.16. The van der Waals surface area contributed by atoms with Crippen LogP contribution in [0.15, 0.2) is 17.1 Å². The zero-order chi connectivity index (χ0) is 12.0. The monoisotopic (exact) mass is 210 g/mol. The van der Waals surface area contributed by atoms with Crippen molar-refractivity contribution in [1.29, 1.82) is 0 Å². The van der Waals surface area contributed by atoms with E-state index in [0.29, 0.717) is 11.3 Å². The van der Waals surface area contributed by atoms with Crippen molar-refractivity contribution in [2.75, 3.05) is 19.0 Å². The van der Waals surface area contributed by atoms with Gasteiger partial charge in [-0.3, -0.25) is 4.99 Å². The van der Waals surface area contributed by atoms with Crippen molar-refractivity contribution in [2.45, 2.75) is 20.8 Å². The molecule has 0 aliphatic heterocycles. The molecule has 0 saturated heterocycles. The van der Waals surface area contributed by atoms with Crippen molar-refractivity contribution in [3.8, 4) is 0 Å². The minimum atomic E-state index is -0.212. The molecular formula is C12H19FN2. The van der Waals surface area contributed by atoms with E-state index in [0.717, 1.165) is 5.69 Å². The summed E-state index contributed by atoms with van der Waals surface area (Å²) in [5.41, 5.74) is 2.05. The van der Waals surface area contributed by atoms with Gasteiger partial charge in [-0.2, -0.15) is 0 Å². The molecule has 0 aliphatic carbocycles. The number of nitrogens with zero attached hydrogens (tertiary/aromatic N) is 2. The fourth-order valence-electron chi connectivity index (χ4n) is 1.14. The molecule has 2 nitrogen and oxygen atoms in total. The fourth-order valence-corrected chi connectivity index (χ4v) is 1.14. The minimum Gasteiger partial charge on any atom is -0.376 e. The topological polar surface area (TPSA) is 15.6 Å². The highest BCUT2D eigenvalue weighted by Gasteiger charge is 2.07. The van der Waals surface area contributed by atoms with Crippen LogP contribution in [0, 0.1) is 12.7 Å². The molecule has 0 heterocycles. The average molecular weight is 210 g/mol. The molecule has 0 aliphatic rings. The maximum Gasteiger partial charge on any atom is 0.128 e. The summed E-state index contributed by atoms with van der Waals surface area (Å²) in [7, 11) is 3.69. The molecule has 0 amide bonds. The second-order valence-corrected chi connectivity index (χ2v) is 3.14. The lowest BCUT2D eigenvalue weighted by molar-refractivity contribution is 0.618. The molecular weight excluding hydrogens is 191 g/mol. The highest BCUT2D eigenvalue weighted by Crippen LogP contribution is 2.29. The summed E-state index contributed by atoms with van der Waals surface area (Å²) in [6.45, 7) is 9.16. The Kier molecular flexibility index (Phi) is 5.60. The van der Waals surface area contributed by atoms with Crippen molar-refractivity contribution < 1.29 is 4.39 Å². The van der Waals surface area contributed by atoms with E-state index in [1.165, 1.54) is 6.07 Å². The van der Waals surface area contributed by atoms with Crippen LogP contribution in [0.2, 0.25) is 0 Å². The first kappa shape index (κ1) is 13.6. The third-order valence-electron chi connectivity index (χ3n) is 1.91. The first-order chi connectivity index (χ1) is 7.06. The van der Waals surface area contributed by atoms with Crippen molar-refractivity contribution >= 4 is 18.1 Å². The molecule has 0 aromatic heterocycles. The van der Waals surface area contributed by atoms with Gasteiger partial charge in [0, 0.05) is 14.1 Å². The van der Waals surface area contributed by atoms with Gasteiger partial charge in [-0.25, -0.2) is 4.39 Å². The summed E-state index contributed by atoms with van der Waals surface area (Å²) in [5.74, 6) is -0.212. The molecule has 1 rings (SSSR count). The van der Waals surface area contributed by atoms with Crippen molar-refractivity contribution in [3.63, 3.8) is 0 Å². The standard InChI is InChI=1S/C10H13FN2.C2H6/c1-7-5-9(12-2)10(13(3)4)6-8(7)11;1-2/h5-6H,2H2,1,3-4H3;1-2H3. The summed E-state index contributed by atoms with van der Waals surface area (Å²) in [5, 5.41) is 0. The van der Waals surface area contributed by atoms with Crippen LogP contribution in [0.5, 0.6) is 0 Å². The van der Waals surface area contributed by atoms with Gasteiger partial charge in [0.25, 0.3) is 0 Å². The first-order valence-electron chi connectivity index (χ1n) is 5.00. The van der Waals surface area contributed by atoms with E-state index < -0.39 is 0 Å². The predicted molar refractivity (Wildman–Crippen MR) is 66.0 cm³/mol. The van der Waals surface area contributed by atoms with E-state index >= 15 is 0 Å². The second kappa shape index (κ2) is 6.17. The van der Waals surface area contributed by atoms with Crippen LogP contribution in [0.25, 0.3) is 0 Å². The van der Waals surface area contributed by atoms with Gasteiger partial charge in [0.2, 0.25) is 0 Å². The molecule has 84 valence electrons. The van der Waals surface area contributed by atoms with E-state index in [2.05, 4.69) is 11.7 Å². The third kappa shape index (κ3) is 3.35. The van der Waals surface area contributed by atoms with Gasteiger partial charge in [0.05, 0.1) is 11.4 Å². The van der Waals surface area contributed by atoms with Crippen LogP contribution in [-0.4, -0.2) is 20.8 Å². The van der Waals surface area contributed by atoms with Gasteiger partial charge >= 0.3 is 0 Å². The molecule has 15 heavy (non-hydrogen) atoms. The summed E-state index contributed by atoms with van der Waals surface area (Å²) < 4.78 is 13.2. The average Bonchev–Trinajstić information content (AvgIpc) is 2.24. The molecule has 3 heteroatoms. The molecule has 0 radical (unpaired) electrons. The molecule has 0 spiro atoms. The number of aryl methyl sites for hydroxylation is 1. The van der Waals surface area contributed by atoms with Gasteiger partial charge < -0.3 is 4.90 Å². The fraction of sp³-hybridized carbons (Fsp3) is 0.417. The number of benzene rings is 1. The Bertz CT molecular complexity index is 333. The molecule has 0 saturated carbocycles. The molecule has 1 aromatic carbocycles. The largest absolute Gasteiger partial charge is 0.376 e. The van der Waals surface area contributed by atoms with E-state index in [9.17, 15) is 4.39 Å². The smallest absolute Gasteiger partial charge is 0.128 e. The van der Waals surface area contributed by atoms with Crippen LogP contribution in [0.3, 0.4) is 0 Å². The number of hydrogen-bond acceptors (Lipinski definition) is 2. The lowest BCUT2D eigenvalue weighted by atomic mass is 10.1. The molecule has 0 atom stereocenters. The summed E-state index contributed by atoms with van der Waals surface area (Å²) >= 11 is 0. The second-order valence-electron chi connectivity index (χ2n) is 3.14. The number of halogens is 1. The maximum atomic E-state index is 13.2. The molecule has 0 unspecified atom stereocenters. The van der Waals surface area contributed by atoms with Gasteiger partial charge in [0.1, 0.15) is 5.82 Å². The number of rotatable bonds is 2. The van der Waals surface area contributed by atoms with Gasteiger partial charge in [-0.05, 0) is 31.3 Å². The molecule has 0 fully saturated rings. The van der Waals surface area contributed by atoms with Crippen LogP contribution >= 0.6 is 0 Å². The van der Waals surface area contributed by atoms with E-state index in [1.807, 2.05) is 32.8 Å². The highest BCUT2D eigenvalue weighted by atomic mass is 19.1. The Labute approximate surface area is 91.4 Å². The zero-order valence-corrected chi connectivity index (χ0v) is 10.1. The Hall–Kier alpha value is -1.38. The van der Waals surface area contributed by atoms with E-state index in [1.54, 1.807) is 13.0 Å². The van der Waals surface area contributed by atoms with Crippen molar-refractivity contribution in [3.05, 3.63) is 23.5 Å². The summed E-state index contributed by atoms with van der Waals surface area (Å²) in [4.78, 5) is 5.65. The molecule has 1 aromatic rings. The first-order valence-corrected chi connectivity index (χ1v) is 5.00. The van der Waals surface area contributed by atoms with Crippen LogP contribution < -0.4 is 4.90 Å². The predicted octanol–water partition coefficient (Wildman–Crippen LogP) is 3.56. The molecule has 0 bridgehead atoms. The Morgan fingerprint density at radius 1 is 1.27 bits per heavy atom. The van der Waals surface area contributed by atoms with Gasteiger partial charge in [-0.15, -0.1) is 0 Å². The maximum absolute atomic E-state index is 13.2. The van der Waals surface area contributed by atoms with Crippen molar-refractivity contribution in [1.82, 2.24) is 0 Å². The van der Waals surface area contributed by atoms with Crippen LogP contribution in [0.4, 0.5) is 15.8 Å². The quantitative estimate of drug-likeness (QED) is 0.681. The minimum absolute atomic E-state index is 0.212. The number of hydrogen-bond donors (Lipinski definition) is 0. The van der Waals surface area contributed by atoms with E-state index in [4.69, 9.17) is 0 Å².